The number of hydrogen-bond acceptors (Lipinski definition) is 6. The zero-order valence-corrected chi connectivity index (χ0v) is 21.7. The van der Waals surface area contributed by atoms with Gasteiger partial charge in [-0.25, -0.2) is 9.37 Å². The number of halogens is 2. The van der Waals surface area contributed by atoms with Crippen molar-refractivity contribution < 1.29 is 23.5 Å². The number of primary amides is 1. The number of aromatic nitrogens is 2. The summed E-state index contributed by atoms with van der Waals surface area (Å²) in [6.07, 6.45) is 1.54. The third kappa shape index (κ3) is 6.18. The zero-order valence-electron chi connectivity index (χ0n) is 20.9. The predicted octanol–water partition coefficient (Wildman–Crippen LogP) is 2.86. The molecule has 2 heterocycles. The fourth-order valence-corrected chi connectivity index (χ4v) is 4.58. The summed E-state index contributed by atoms with van der Waals surface area (Å²) in [5.41, 5.74) is 6.00. The Kier molecular flexibility index (Phi) is 8.40. The number of amides is 3. The summed E-state index contributed by atoms with van der Waals surface area (Å²) < 4.78 is 21.3. The Balaban J connectivity index is 1.47. The summed E-state index contributed by atoms with van der Waals surface area (Å²) in [7, 11) is 0. The summed E-state index contributed by atoms with van der Waals surface area (Å²) in [4.78, 5) is 43.8. The standard InChI is InChI=1S/C26H28ClFN6O4/c1-15-12-33(13-16(2)38-15)11-10-30-26(37)23-22(24(29)35)31-14-34(23)18-8-6-17(7-9-18)32-25(36)19-4-3-5-20(27)21(19)28/h3-9,14-16H,10-13H2,1-2H3,(H2,29,35)(H,30,37)(H,32,36). The molecule has 0 radical (unpaired) electrons. The van der Waals surface area contributed by atoms with Gasteiger partial charge in [0, 0.05) is 37.6 Å². The number of nitrogens with zero attached hydrogens (tertiary/aromatic N) is 3. The molecule has 1 aliphatic heterocycles. The first-order valence-corrected chi connectivity index (χ1v) is 12.4. The number of ether oxygens (including phenoxy) is 1. The van der Waals surface area contributed by atoms with Crippen LogP contribution in [0.2, 0.25) is 5.02 Å². The minimum Gasteiger partial charge on any atom is -0.373 e. The second-order valence-corrected chi connectivity index (χ2v) is 9.46. The summed E-state index contributed by atoms with van der Waals surface area (Å²) in [6.45, 7) is 6.50. The molecule has 4 rings (SSSR count). The van der Waals surface area contributed by atoms with Crippen LogP contribution in [0.15, 0.2) is 48.8 Å². The summed E-state index contributed by atoms with van der Waals surface area (Å²) in [6, 6.07) is 10.5. The Hall–Kier alpha value is -3.80. The van der Waals surface area contributed by atoms with Crippen LogP contribution in [0.1, 0.15) is 45.2 Å². The molecule has 0 saturated carbocycles. The van der Waals surface area contributed by atoms with E-state index in [0.29, 0.717) is 24.5 Å². The van der Waals surface area contributed by atoms with E-state index in [2.05, 4.69) is 20.5 Å². The van der Waals surface area contributed by atoms with Crippen LogP contribution in [0.25, 0.3) is 5.69 Å². The molecule has 0 aliphatic carbocycles. The van der Waals surface area contributed by atoms with E-state index in [4.69, 9.17) is 22.1 Å². The molecule has 12 heteroatoms. The van der Waals surface area contributed by atoms with Crippen LogP contribution in [-0.4, -0.2) is 70.6 Å². The molecule has 1 aliphatic rings. The summed E-state index contributed by atoms with van der Waals surface area (Å²) >= 11 is 5.76. The lowest BCUT2D eigenvalue weighted by molar-refractivity contribution is -0.0672. The SMILES string of the molecule is CC1CN(CCNC(=O)c2c(C(N)=O)ncn2-c2ccc(NC(=O)c3cccc(Cl)c3F)cc2)CC(C)O1. The first-order chi connectivity index (χ1) is 18.1. The molecular weight excluding hydrogens is 515 g/mol. The van der Waals surface area contributed by atoms with Crippen LogP contribution in [0, 0.1) is 5.82 Å². The van der Waals surface area contributed by atoms with Gasteiger partial charge in [-0.1, -0.05) is 17.7 Å². The van der Waals surface area contributed by atoms with E-state index in [0.717, 1.165) is 13.1 Å². The van der Waals surface area contributed by atoms with E-state index >= 15 is 0 Å². The molecule has 2 unspecified atom stereocenters. The molecule has 2 aromatic carbocycles. The van der Waals surface area contributed by atoms with E-state index < -0.39 is 23.5 Å². The molecule has 4 N–H and O–H groups in total. The van der Waals surface area contributed by atoms with Gasteiger partial charge in [-0.2, -0.15) is 0 Å². The van der Waals surface area contributed by atoms with Gasteiger partial charge in [0.15, 0.2) is 11.5 Å². The molecule has 3 aromatic rings. The van der Waals surface area contributed by atoms with Crippen LogP contribution in [-0.2, 0) is 4.74 Å². The largest absolute Gasteiger partial charge is 0.373 e. The Bertz CT molecular complexity index is 1340. The lowest BCUT2D eigenvalue weighted by atomic mass is 10.2. The van der Waals surface area contributed by atoms with Crippen LogP contribution in [0.5, 0.6) is 0 Å². The van der Waals surface area contributed by atoms with Crippen LogP contribution in [0.4, 0.5) is 10.1 Å². The number of rotatable bonds is 8. The molecule has 3 amide bonds. The average Bonchev–Trinajstić information content (AvgIpc) is 3.31. The van der Waals surface area contributed by atoms with E-state index in [1.54, 1.807) is 24.3 Å². The molecule has 1 fully saturated rings. The highest BCUT2D eigenvalue weighted by molar-refractivity contribution is 6.31. The zero-order chi connectivity index (χ0) is 27.4. The number of anilines is 1. The number of benzene rings is 2. The number of hydrogen-bond donors (Lipinski definition) is 3. The number of carbonyl (C=O) groups is 3. The molecule has 200 valence electrons. The van der Waals surface area contributed by atoms with Gasteiger partial charge in [-0.05, 0) is 50.2 Å². The Labute approximate surface area is 223 Å². The number of nitrogens with two attached hydrogens (primary N) is 1. The predicted molar refractivity (Wildman–Crippen MR) is 140 cm³/mol. The van der Waals surface area contributed by atoms with Crippen molar-refractivity contribution in [1.82, 2.24) is 19.8 Å². The highest BCUT2D eigenvalue weighted by Gasteiger charge is 2.25. The van der Waals surface area contributed by atoms with Gasteiger partial charge in [-0.3, -0.25) is 23.9 Å². The van der Waals surface area contributed by atoms with Crippen molar-refractivity contribution in [3.63, 3.8) is 0 Å². The van der Waals surface area contributed by atoms with E-state index in [1.807, 2.05) is 13.8 Å². The second kappa shape index (κ2) is 11.7. The first-order valence-electron chi connectivity index (χ1n) is 12.0. The first kappa shape index (κ1) is 27.2. The van der Waals surface area contributed by atoms with Crippen molar-refractivity contribution in [3.05, 3.63) is 76.6 Å². The van der Waals surface area contributed by atoms with Crippen molar-refractivity contribution in [1.29, 1.82) is 0 Å². The minimum absolute atomic E-state index is 0.000928. The van der Waals surface area contributed by atoms with Crippen LogP contribution >= 0.6 is 11.6 Å². The summed E-state index contributed by atoms with van der Waals surface area (Å²) in [5.74, 6) is -2.81. The van der Waals surface area contributed by atoms with E-state index in [-0.39, 0.29) is 34.2 Å². The maximum atomic E-state index is 14.2. The molecule has 0 bridgehead atoms. The molecule has 2 atom stereocenters. The summed E-state index contributed by atoms with van der Waals surface area (Å²) in [5, 5.41) is 5.29. The van der Waals surface area contributed by atoms with Crippen molar-refractivity contribution in [2.75, 3.05) is 31.5 Å². The highest BCUT2D eigenvalue weighted by Crippen LogP contribution is 2.21. The molecular formula is C26H28ClFN6O4. The van der Waals surface area contributed by atoms with Crippen molar-refractivity contribution in [3.8, 4) is 5.69 Å². The fourth-order valence-electron chi connectivity index (χ4n) is 4.40. The minimum atomic E-state index is -0.836. The normalized spacial score (nSPS) is 17.7. The van der Waals surface area contributed by atoms with Gasteiger partial charge in [0.25, 0.3) is 17.7 Å². The maximum absolute atomic E-state index is 14.2. The average molecular weight is 543 g/mol. The molecule has 1 aromatic heterocycles. The van der Waals surface area contributed by atoms with Crippen LogP contribution < -0.4 is 16.4 Å². The van der Waals surface area contributed by atoms with Crippen molar-refractivity contribution >= 4 is 35.0 Å². The second-order valence-electron chi connectivity index (χ2n) is 9.05. The van der Waals surface area contributed by atoms with Gasteiger partial charge < -0.3 is 21.1 Å². The van der Waals surface area contributed by atoms with Crippen molar-refractivity contribution in [2.24, 2.45) is 5.73 Å². The molecule has 10 nitrogen and oxygen atoms in total. The lowest BCUT2D eigenvalue weighted by Gasteiger charge is -2.35. The highest BCUT2D eigenvalue weighted by atomic mass is 35.5. The van der Waals surface area contributed by atoms with E-state index in [1.165, 1.54) is 29.1 Å². The number of nitrogens with one attached hydrogen (secondary N) is 2. The Morgan fingerprint density at radius 3 is 2.45 bits per heavy atom. The lowest BCUT2D eigenvalue weighted by Crippen LogP contribution is -2.48. The fraction of sp³-hybridized carbons (Fsp3) is 0.308. The topological polar surface area (TPSA) is 132 Å². The van der Waals surface area contributed by atoms with Gasteiger partial charge in [0.2, 0.25) is 0 Å². The molecule has 0 spiro atoms. The number of carbonyl (C=O) groups excluding carboxylic acids is 3. The number of morpholine rings is 1. The Morgan fingerprint density at radius 2 is 1.79 bits per heavy atom. The third-order valence-corrected chi connectivity index (χ3v) is 6.32. The monoisotopic (exact) mass is 542 g/mol. The smallest absolute Gasteiger partial charge is 0.270 e. The Morgan fingerprint density at radius 1 is 1.11 bits per heavy atom. The maximum Gasteiger partial charge on any atom is 0.270 e. The third-order valence-electron chi connectivity index (χ3n) is 6.02. The van der Waals surface area contributed by atoms with Gasteiger partial charge >= 0.3 is 0 Å². The molecule has 38 heavy (non-hydrogen) atoms. The molecule has 1 saturated heterocycles. The van der Waals surface area contributed by atoms with Crippen LogP contribution in [0.3, 0.4) is 0 Å². The van der Waals surface area contributed by atoms with E-state index in [9.17, 15) is 18.8 Å². The number of imidazole rings is 1. The van der Waals surface area contributed by atoms with Gasteiger partial charge in [0.1, 0.15) is 12.0 Å². The van der Waals surface area contributed by atoms with Crippen molar-refractivity contribution in [2.45, 2.75) is 26.1 Å². The van der Waals surface area contributed by atoms with Gasteiger partial charge in [-0.15, -0.1) is 0 Å². The van der Waals surface area contributed by atoms with Gasteiger partial charge in [0.05, 0.1) is 22.8 Å². The quantitative estimate of drug-likeness (QED) is 0.401.